The highest BCUT2D eigenvalue weighted by Crippen LogP contribution is 2.34. The summed E-state index contributed by atoms with van der Waals surface area (Å²) in [6, 6.07) is 10.4. The Labute approximate surface area is 176 Å². The Kier molecular flexibility index (Phi) is 5.27. The Morgan fingerprint density at radius 3 is 2.53 bits per heavy atom. The highest BCUT2D eigenvalue weighted by atomic mass is 32.2. The second-order valence-electron chi connectivity index (χ2n) is 7.68. The largest absolute Gasteiger partial charge is 0.485 e. The van der Waals surface area contributed by atoms with E-state index in [9.17, 15) is 13.2 Å². The summed E-state index contributed by atoms with van der Waals surface area (Å²) in [5, 5.41) is 0. The number of amides is 1. The first kappa shape index (κ1) is 20.4. The first-order chi connectivity index (χ1) is 14.3. The minimum Gasteiger partial charge on any atom is -0.485 e. The van der Waals surface area contributed by atoms with Crippen LogP contribution in [0.3, 0.4) is 0 Å². The lowest BCUT2D eigenvalue weighted by Crippen LogP contribution is -2.29. The summed E-state index contributed by atoms with van der Waals surface area (Å²) in [7, 11) is -1.42. The van der Waals surface area contributed by atoms with Crippen LogP contribution in [0.4, 0.5) is 5.82 Å². The number of sulfone groups is 1. The Balaban J connectivity index is 1.61. The third-order valence-electron chi connectivity index (χ3n) is 5.31. The van der Waals surface area contributed by atoms with Gasteiger partial charge >= 0.3 is 0 Å². The number of rotatable bonds is 7. The number of hydrogen-bond acceptors (Lipinski definition) is 5. The van der Waals surface area contributed by atoms with E-state index in [1.807, 2.05) is 29.7 Å². The van der Waals surface area contributed by atoms with Crippen LogP contribution in [0.2, 0.25) is 0 Å². The zero-order valence-corrected chi connectivity index (χ0v) is 18.1. The molecule has 3 aromatic rings. The predicted molar refractivity (Wildman–Crippen MR) is 115 cm³/mol. The zero-order chi connectivity index (χ0) is 21.5. The molecule has 0 saturated heterocycles. The van der Waals surface area contributed by atoms with Gasteiger partial charge in [0.25, 0.3) is 0 Å². The number of carbonyl (C=O) groups excluding carboxylic acids is 1. The number of imidazole rings is 1. The van der Waals surface area contributed by atoms with E-state index in [4.69, 9.17) is 9.72 Å². The normalized spacial score (nSPS) is 14.1. The van der Waals surface area contributed by atoms with Crippen molar-refractivity contribution in [2.45, 2.75) is 37.7 Å². The molecule has 4 rings (SSSR count). The van der Waals surface area contributed by atoms with Crippen LogP contribution >= 0.6 is 0 Å². The molecular weight excluding hydrogens is 402 g/mol. The van der Waals surface area contributed by atoms with Crippen molar-refractivity contribution >= 4 is 27.2 Å². The molecule has 1 saturated carbocycles. The molecule has 2 aromatic heterocycles. The Morgan fingerprint density at radius 1 is 1.23 bits per heavy atom. The second-order valence-corrected chi connectivity index (χ2v) is 9.69. The Bertz CT molecular complexity index is 1200. The van der Waals surface area contributed by atoms with Gasteiger partial charge < -0.3 is 4.74 Å². The quantitative estimate of drug-likeness (QED) is 0.578. The fourth-order valence-electron chi connectivity index (χ4n) is 3.48. The first-order valence-corrected chi connectivity index (χ1v) is 11.9. The van der Waals surface area contributed by atoms with E-state index in [1.165, 1.54) is 6.26 Å². The summed E-state index contributed by atoms with van der Waals surface area (Å²) in [5.41, 5.74) is 2.36. The summed E-state index contributed by atoms with van der Waals surface area (Å²) >= 11 is 0. The molecule has 0 spiro atoms. The maximum atomic E-state index is 12.6. The summed E-state index contributed by atoms with van der Waals surface area (Å²) in [6.45, 7) is 2.30. The molecule has 0 bridgehead atoms. The van der Waals surface area contributed by atoms with Gasteiger partial charge in [0.2, 0.25) is 5.91 Å². The van der Waals surface area contributed by atoms with E-state index in [0.717, 1.165) is 29.9 Å². The molecule has 0 radical (unpaired) electrons. The highest BCUT2D eigenvalue weighted by molar-refractivity contribution is 7.90. The monoisotopic (exact) mass is 427 g/mol. The molecule has 7 nitrogen and oxygen atoms in total. The van der Waals surface area contributed by atoms with Crippen molar-refractivity contribution in [2.75, 3.05) is 18.2 Å². The number of benzene rings is 1. The molecule has 0 atom stereocenters. The molecular formula is C22H25N3O4S. The summed E-state index contributed by atoms with van der Waals surface area (Å²) in [4.78, 5) is 19.4. The molecule has 1 aliphatic rings. The molecule has 30 heavy (non-hydrogen) atoms. The van der Waals surface area contributed by atoms with Crippen LogP contribution in [0.25, 0.3) is 5.65 Å². The number of aryl methyl sites for hydroxylation is 1. The van der Waals surface area contributed by atoms with E-state index in [1.54, 1.807) is 36.2 Å². The van der Waals surface area contributed by atoms with Crippen molar-refractivity contribution in [3.63, 3.8) is 0 Å². The van der Waals surface area contributed by atoms with Gasteiger partial charge in [-0.3, -0.25) is 14.1 Å². The lowest BCUT2D eigenvalue weighted by molar-refractivity contribution is -0.119. The van der Waals surface area contributed by atoms with Crippen LogP contribution in [0, 0.1) is 5.92 Å². The first-order valence-electron chi connectivity index (χ1n) is 9.99. The van der Waals surface area contributed by atoms with Crippen molar-refractivity contribution in [2.24, 2.45) is 5.92 Å². The van der Waals surface area contributed by atoms with Gasteiger partial charge in [-0.25, -0.2) is 13.4 Å². The van der Waals surface area contributed by atoms with Crippen molar-refractivity contribution < 1.29 is 17.9 Å². The standard InChI is InChI=1S/C22H25N3O4S/c1-4-18-21(24(2)22(26)16-9-10-16)25-13-5-6-19(20(25)23-18)29-14-15-7-11-17(12-8-15)30(3,27)28/h5-8,11-13,16H,4,9-10,14H2,1-3H3. The number of nitrogens with zero attached hydrogens (tertiary/aromatic N) is 3. The van der Waals surface area contributed by atoms with Crippen LogP contribution in [-0.2, 0) is 27.7 Å². The molecule has 158 valence electrons. The fourth-order valence-corrected chi connectivity index (χ4v) is 4.12. The third kappa shape index (κ3) is 3.92. The van der Waals surface area contributed by atoms with Gasteiger partial charge in [-0.2, -0.15) is 0 Å². The van der Waals surface area contributed by atoms with Crippen LogP contribution in [-0.4, -0.2) is 37.0 Å². The second kappa shape index (κ2) is 7.75. The smallest absolute Gasteiger partial charge is 0.231 e. The Hall–Kier alpha value is -2.87. The number of aromatic nitrogens is 2. The van der Waals surface area contributed by atoms with Crippen molar-refractivity contribution in [1.82, 2.24) is 9.38 Å². The average Bonchev–Trinajstić information content (AvgIpc) is 3.50. The topological polar surface area (TPSA) is 81.0 Å². The van der Waals surface area contributed by atoms with Crippen molar-refractivity contribution in [1.29, 1.82) is 0 Å². The SMILES string of the molecule is CCc1nc2c(OCc3ccc(S(C)(=O)=O)cc3)cccn2c1N(C)C(=O)C1CC1. The molecule has 2 heterocycles. The maximum Gasteiger partial charge on any atom is 0.231 e. The van der Waals surface area contributed by atoms with Crippen LogP contribution in [0.1, 0.15) is 31.0 Å². The van der Waals surface area contributed by atoms with Gasteiger partial charge in [-0.05, 0) is 49.1 Å². The molecule has 0 N–H and O–H groups in total. The van der Waals surface area contributed by atoms with Gasteiger partial charge in [0.05, 0.1) is 10.6 Å². The number of hydrogen-bond donors (Lipinski definition) is 0. The molecule has 8 heteroatoms. The summed E-state index contributed by atoms with van der Waals surface area (Å²) < 4.78 is 31.1. The van der Waals surface area contributed by atoms with Crippen molar-refractivity contribution in [3.05, 3.63) is 53.9 Å². The van der Waals surface area contributed by atoms with Gasteiger partial charge in [0.1, 0.15) is 12.4 Å². The van der Waals surface area contributed by atoms with Gasteiger partial charge in [0, 0.05) is 25.4 Å². The van der Waals surface area contributed by atoms with E-state index >= 15 is 0 Å². The highest BCUT2D eigenvalue weighted by Gasteiger charge is 2.34. The summed E-state index contributed by atoms with van der Waals surface area (Å²) in [6.07, 6.45) is 5.68. The number of ether oxygens (including phenoxy) is 1. The fraction of sp³-hybridized carbons (Fsp3) is 0.364. The van der Waals surface area contributed by atoms with E-state index in [0.29, 0.717) is 17.8 Å². The van der Waals surface area contributed by atoms with Crippen molar-refractivity contribution in [3.8, 4) is 5.75 Å². The summed E-state index contributed by atoms with van der Waals surface area (Å²) in [5.74, 6) is 1.65. The third-order valence-corrected chi connectivity index (χ3v) is 6.44. The molecule has 1 aromatic carbocycles. The molecule has 0 aliphatic heterocycles. The lowest BCUT2D eigenvalue weighted by atomic mass is 10.2. The van der Waals surface area contributed by atoms with Gasteiger partial charge in [-0.1, -0.05) is 19.1 Å². The van der Waals surface area contributed by atoms with Crippen LogP contribution in [0.15, 0.2) is 47.5 Å². The maximum absolute atomic E-state index is 12.6. The molecule has 0 unspecified atom stereocenters. The van der Waals surface area contributed by atoms with Gasteiger partial charge in [-0.15, -0.1) is 0 Å². The average molecular weight is 428 g/mol. The molecule has 1 amide bonds. The number of anilines is 1. The number of pyridine rings is 1. The number of fused-ring (bicyclic) bond motifs is 1. The van der Waals surface area contributed by atoms with Gasteiger partial charge in [0.15, 0.2) is 21.2 Å². The molecule has 1 fully saturated rings. The van der Waals surface area contributed by atoms with Crippen LogP contribution in [0.5, 0.6) is 5.75 Å². The Morgan fingerprint density at radius 2 is 1.93 bits per heavy atom. The van der Waals surface area contributed by atoms with E-state index in [2.05, 4.69) is 0 Å². The lowest BCUT2D eigenvalue weighted by Gasteiger charge is -2.18. The minimum atomic E-state index is -3.22. The van der Waals surface area contributed by atoms with E-state index < -0.39 is 9.84 Å². The molecule has 1 aliphatic carbocycles. The predicted octanol–water partition coefficient (Wildman–Crippen LogP) is 3.25. The van der Waals surface area contributed by atoms with E-state index in [-0.39, 0.29) is 23.3 Å². The zero-order valence-electron chi connectivity index (χ0n) is 17.3. The minimum absolute atomic E-state index is 0.125. The number of carbonyl (C=O) groups is 1. The van der Waals surface area contributed by atoms with Crippen LogP contribution < -0.4 is 9.64 Å².